The maximum atomic E-state index is 5.50. The molecule has 12 heavy (non-hydrogen) atoms. The zero-order chi connectivity index (χ0) is 8.81. The smallest absolute Gasteiger partial charge is 0.119 e. The van der Waals surface area contributed by atoms with Gasteiger partial charge in [-0.05, 0) is 25.0 Å². The molecule has 1 unspecified atom stereocenters. The number of benzene rings is 1. The fourth-order valence-corrected chi connectivity index (χ4v) is 0.849. The molecule has 1 rings (SSSR count). The van der Waals surface area contributed by atoms with E-state index in [1.165, 1.54) is 0 Å². The highest BCUT2D eigenvalue weighted by Crippen LogP contribution is 2.10. The van der Waals surface area contributed by atoms with E-state index in [-0.39, 0.29) is 0 Å². The van der Waals surface area contributed by atoms with Gasteiger partial charge in [0.1, 0.15) is 5.75 Å². The predicted octanol–water partition coefficient (Wildman–Crippen LogP) is 2.93. The lowest BCUT2D eigenvalue weighted by molar-refractivity contribution is 0.271. The van der Waals surface area contributed by atoms with Crippen molar-refractivity contribution in [2.24, 2.45) is 5.92 Å². The minimum absolute atomic E-state index is 0.394. The Morgan fingerprint density at radius 1 is 1.33 bits per heavy atom. The van der Waals surface area contributed by atoms with Crippen LogP contribution < -0.4 is 4.74 Å². The number of ether oxygens (including phenoxy) is 1. The van der Waals surface area contributed by atoms with Gasteiger partial charge >= 0.3 is 0 Å². The van der Waals surface area contributed by atoms with Crippen LogP contribution in [-0.4, -0.2) is 6.61 Å². The maximum absolute atomic E-state index is 5.50. The number of rotatable bonds is 4. The Kier molecular flexibility index (Phi) is 3.65. The quantitative estimate of drug-likeness (QED) is 0.663. The van der Waals surface area contributed by atoms with Gasteiger partial charge in [0.15, 0.2) is 0 Å². The molecule has 0 fully saturated rings. The molecule has 1 nitrogen and oxygen atoms in total. The molecule has 1 radical (unpaired) electrons. The van der Waals surface area contributed by atoms with Crippen LogP contribution in [-0.2, 0) is 0 Å². The van der Waals surface area contributed by atoms with Gasteiger partial charge in [-0.3, -0.25) is 0 Å². The largest absolute Gasteiger partial charge is 0.493 e. The Labute approximate surface area is 74.4 Å². The molecule has 65 valence electrons. The van der Waals surface area contributed by atoms with Gasteiger partial charge in [-0.1, -0.05) is 31.5 Å². The van der Waals surface area contributed by atoms with Gasteiger partial charge in [0.25, 0.3) is 0 Å². The van der Waals surface area contributed by atoms with Crippen LogP contribution >= 0.6 is 0 Å². The van der Waals surface area contributed by atoms with E-state index in [0.717, 1.165) is 12.2 Å². The van der Waals surface area contributed by atoms with Crippen LogP contribution in [0.4, 0.5) is 0 Å². The SMILES string of the molecule is [CH2]C(CC)COc1ccccc1. The van der Waals surface area contributed by atoms with Crippen molar-refractivity contribution in [3.63, 3.8) is 0 Å². The summed E-state index contributed by atoms with van der Waals surface area (Å²) in [6, 6.07) is 9.85. The lowest BCUT2D eigenvalue weighted by Crippen LogP contribution is -2.07. The van der Waals surface area contributed by atoms with Crippen LogP contribution in [0.15, 0.2) is 30.3 Å². The number of hydrogen-bond donors (Lipinski definition) is 0. The van der Waals surface area contributed by atoms with Gasteiger partial charge < -0.3 is 4.74 Å². The van der Waals surface area contributed by atoms with Crippen molar-refractivity contribution in [3.05, 3.63) is 37.3 Å². The summed E-state index contributed by atoms with van der Waals surface area (Å²) in [4.78, 5) is 0. The lowest BCUT2D eigenvalue weighted by atomic mass is 10.1. The average Bonchev–Trinajstić information content (AvgIpc) is 2.16. The molecule has 1 aromatic rings. The molecule has 0 saturated heterocycles. The van der Waals surface area contributed by atoms with E-state index >= 15 is 0 Å². The Morgan fingerprint density at radius 2 is 2.00 bits per heavy atom. The molecule has 0 spiro atoms. The van der Waals surface area contributed by atoms with E-state index in [2.05, 4.69) is 13.8 Å². The highest BCUT2D eigenvalue weighted by atomic mass is 16.5. The van der Waals surface area contributed by atoms with Gasteiger partial charge in [0.2, 0.25) is 0 Å². The average molecular weight is 163 g/mol. The first-order valence-electron chi connectivity index (χ1n) is 4.34. The Bertz CT molecular complexity index is 206. The molecular formula is C11H15O. The first-order valence-corrected chi connectivity index (χ1v) is 4.34. The fourth-order valence-electron chi connectivity index (χ4n) is 0.849. The van der Waals surface area contributed by atoms with E-state index in [1.54, 1.807) is 0 Å². The summed E-state index contributed by atoms with van der Waals surface area (Å²) >= 11 is 0. The minimum atomic E-state index is 0.394. The van der Waals surface area contributed by atoms with Crippen LogP contribution in [0.2, 0.25) is 0 Å². The third-order valence-electron chi connectivity index (χ3n) is 1.81. The lowest BCUT2D eigenvalue weighted by Gasteiger charge is -2.09. The molecule has 0 N–H and O–H groups in total. The van der Waals surface area contributed by atoms with E-state index in [1.807, 2.05) is 30.3 Å². The summed E-state index contributed by atoms with van der Waals surface area (Å²) in [5, 5.41) is 0. The molecule has 0 aliphatic heterocycles. The molecule has 0 aliphatic carbocycles. The van der Waals surface area contributed by atoms with E-state index in [9.17, 15) is 0 Å². The second kappa shape index (κ2) is 4.81. The Morgan fingerprint density at radius 3 is 2.58 bits per heavy atom. The zero-order valence-corrected chi connectivity index (χ0v) is 7.49. The van der Waals surface area contributed by atoms with E-state index < -0.39 is 0 Å². The first-order chi connectivity index (χ1) is 5.83. The molecule has 0 bridgehead atoms. The summed E-state index contributed by atoms with van der Waals surface area (Å²) in [6.07, 6.45) is 1.06. The molecule has 0 heterocycles. The molecule has 1 heteroatoms. The summed E-state index contributed by atoms with van der Waals surface area (Å²) in [5.41, 5.74) is 0. The zero-order valence-electron chi connectivity index (χ0n) is 7.49. The van der Waals surface area contributed by atoms with Crippen LogP contribution in [0, 0.1) is 12.8 Å². The van der Waals surface area contributed by atoms with Gasteiger partial charge in [-0.25, -0.2) is 0 Å². The topological polar surface area (TPSA) is 9.23 Å². The minimum Gasteiger partial charge on any atom is -0.493 e. The number of para-hydroxylation sites is 1. The first kappa shape index (κ1) is 9.11. The van der Waals surface area contributed by atoms with Crippen molar-refractivity contribution in [1.29, 1.82) is 0 Å². The summed E-state index contributed by atoms with van der Waals surface area (Å²) in [6.45, 7) is 6.77. The van der Waals surface area contributed by atoms with Crippen molar-refractivity contribution >= 4 is 0 Å². The summed E-state index contributed by atoms with van der Waals surface area (Å²) in [7, 11) is 0. The molecular weight excluding hydrogens is 148 g/mol. The van der Waals surface area contributed by atoms with Gasteiger partial charge in [-0.2, -0.15) is 0 Å². The van der Waals surface area contributed by atoms with Crippen molar-refractivity contribution in [3.8, 4) is 5.75 Å². The van der Waals surface area contributed by atoms with Gasteiger partial charge in [0.05, 0.1) is 6.61 Å². The highest BCUT2D eigenvalue weighted by molar-refractivity contribution is 5.20. The Hall–Kier alpha value is -0.980. The third kappa shape index (κ3) is 2.95. The van der Waals surface area contributed by atoms with E-state index in [0.29, 0.717) is 12.5 Å². The maximum Gasteiger partial charge on any atom is 0.119 e. The fraction of sp³-hybridized carbons (Fsp3) is 0.364. The summed E-state index contributed by atoms with van der Waals surface area (Å²) in [5.74, 6) is 1.32. The van der Waals surface area contributed by atoms with Gasteiger partial charge in [0, 0.05) is 0 Å². The molecule has 1 atom stereocenters. The standard InChI is InChI=1S/C11H15O/c1-3-10(2)9-12-11-7-5-4-6-8-11/h4-8,10H,2-3,9H2,1H3. The monoisotopic (exact) mass is 163 g/mol. The molecule has 1 aromatic carbocycles. The molecule has 0 amide bonds. The second-order valence-electron chi connectivity index (χ2n) is 2.90. The highest BCUT2D eigenvalue weighted by Gasteiger charge is 1.98. The van der Waals surface area contributed by atoms with Gasteiger partial charge in [-0.15, -0.1) is 0 Å². The van der Waals surface area contributed by atoms with Crippen molar-refractivity contribution in [2.75, 3.05) is 6.61 Å². The molecule has 0 saturated carbocycles. The second-order valence-corrected chi connectivity index (χ2v) is 2.90. The summed E-state index contributed by atoms with van der Waals surface area (Å²) < 4.78 is 5.50. The Balaban J connectivity index is 2.33. The normalized spacial score (nSPS) is 12.5. The van der Waals surface area contributed by atoms with E-state index in [4.69, 9.17) is 4.74 Å². The van der Waals surface area contributed by atoms with Crippen LogP contribution in [0.5, 0.6) is 5.75 Å². The third-order valence-corrected chi connectivity index (χ3v) is 1.81. The van der Waals surface area contributed by atoms with Crippen LogP contribution in [0.1, 0.15) is 13.3 Å². The van der Waals surface area contributed by atoms with Crippen LogP contribution in [0.25, 0.3) is 0 Å². The van der Waals surface area contributed by atoms with Crippen molar-refractivity contribution in [2.45, 2.75) is 13.3 Å². The number of hydrogen-bond acceptors (Lipinski definition) is 1. The predicted molar refractivity (Wildman–Crippen MR) is 51.1 cm³/mol. The molecule has 0 aromatic heterocycles. The van der Waals surface area contributed by atoms with Crippen molar-refractivity contribution in [1.82, 2.24) is 0 Å². The molecule has 0 aliphatic rings. The van der Waals surface area contributed by atoms with Crippen molar-refractivity contribution < 1.29 is 4.74 Å². The van der Waals surface area contributed by atoms with Crippen LogP contribution in [0.3, 0.4) is 0 Å².